The van der Waals surface area contributed by atoms with Crippen LogP contribution in [0.1, 0.15) is 22.3 Å². The lowest BCUT2D eigenvalue weighted by molar-refractivity contribution is 0.288. The molecule has 2 aromatic rings. The average Bonchev–Trinajstić information content (AvgIpc) is 2.45. The van der Waals surface area contributed by atoms with Crippen molar-refractivity contribution in [2.24, 2.45) is 0 Å². The summed E-state index contributed by atoms with van der Waals surface area (Å²) in [6, 6.07) is 6.36. The van der Waals surface area contributed by atoms with Gasteiger partial charge in [0.05, 0.1) is 10.0 Å². The second-order valence-electron chi connectivity index (χ2n) is 4.80. The highest BCUT2D eigenvalue weighted by atomic mass is 79.9. The Morgan fingerprint density at radius 1 is 1.14 bits per heavy atom. The molecule has 0 unspecified atom stereocenters. The number of rotatable bonds is 4. The predicted molar refractivity (Wildman–Crippen MR) is 83.9 cm³/mol. The molecule has 0 bridgehead atoms. The van der Waals surface area contributed by atoms with Crippen molar-refractivity contribution >= 4 is 27.5 Å². The first-order chi connectivity index (χ1) is 9.93. The van der Waals surface area contributed by atoms with E-state index in [1.807, 2.05) is 26.0 Å². The Morgan fingerprint density at radius 3 is 2.33 bits per heavy atom. The van der Waals surface area contributed by atoms with Gasteiger partial charge < -0.3 is 4.74 Å². The minimum atomic E-state index is -0.636. The molecule has 0 saturated heterocycles. The summed E-state index contributed by atoms with van der Waals surface area (Å²) < 4.78 is 33.4. The van der Waals surface area contributed by atoms with Crippen molar-refractivity contribution in [1.82, 2.24) is 0 Å². The van der Waals surface area contributed by atoms with E-state index in [0.29, 0.717) is 11.6 Å². The van der Waals surface area contributed by atoms with Crippen LogP contribution in [0.2, 0.25) is 0 Å². The second-order valence-corrected chi connectivity index (χ2v) is 5.92. The quantitative estimate of drug-likeness (QED) is 0.495. The molecule has 0 fully saturated rings. The van der Waals surface area contributed by atoms with Gasteiger partial charge in [0, 0.05) is 5.88 Å². The van der Waals surface area contributed by atoms with E-state index >= 15 is 0 Å². The Morgan fingerprint density at radius 2 is 1.76 bits per heavy atom. The molecule has 0 N–H and O–H groups in total. The number of halogens is 4. The number of hydrogen-bond acceptors (Lipinski definition) is 1. The first-order valence-electron chi connectivity index (χ1n) is 6.35. The third-order valence-electron chi connectivity index (χ3n) is 3.17. The van der Waals surface area contributed by atoms with Crippen LogP contribution in [0.15, 0.2) is 28.7 Å². The van der Waals surface area contributed by atoms with Crippen LogP contribution in [0.3, 0.4) is 0 Å². The van der Waals surface area contributed by atoms with Crippen LogP contribution in [0.25, 0.3) is 0 Å². The van der Waals surface area contributed by atoms with E-state index < -0.39 is 11.6 Å². The maximum Gasteiger partial charge on any atom is 0.146 e. The van der Waals surface area contributed by atoms with Gasteiger partial charge in [0.25, 0.3) is 0 Å². The normalized spacial score (nSPS) is 10.8. The largest absolute Gasteiger partial charge is 0.488 e. The zero-order valence-corrected chi connectivity index (χ0v) is 14.0. The van der Waals surface area contributed by atoms with Crippen LogP contribution in [0.4, 0.5) is 8.78 Å². The van der Waals surface area contributed by atoms with E-state index in [9.17, 15) is 8.78 Å². The van der Waals surface area contributed by atoms with Crippen molar-refractivity contribution in [1.29, 1.82) is 0 Å². The molecule has 0 heterocycles. The molecule has 0 aliphatic carbocycles. The second kappa shape index (κ2) is 6.75. The third kappa shape index (κ3) is 3.55. The maximum absolute atomic E-state index is 13.9. The summed E-state index contributed by atoms with van der Waals surface area (Å²) in [4.78, 5) is 0. The van der Waals surface area contributed by atoms with Crippen molar-refractivity contribution in [2.75, 3.05) is 0 Å². The van der Waals surface area contributed by atoms with Gasteiger partial charge in [0.1, 0.15) is 24.0 Å². The van der Waals surface area contributed by atoms with E-state index in [1.165, 1.54) is 12.1 Å². The standard InChI is InChI=1S/C16H14BrClF2O/c1-9-5-11(7-18)6-10(2)16(9)21-8-12-14(19)4-3-13(17)15(12)20/h3-6H,7-8H2,1-2H3. The molecule has 0 spiro atoms. The van der Waals surface area contributed by atoms with Gasteiger partial charge in [-0.2, -0.15) is 0 Å². The molecule has 2 aromatic carbocycles. The van der Waals surface area contributed by atoms with Crippen LogP contribution >= 0.6 is 27.5 Å². The SMILES string of the molecule is Cc1cc(CCl)cc(C)c1OCc1c(F)ccc(Br)c1F. The Labute approximate surface area is 136 Å². The number of ether oxygens (including phenoxy) is 1. The molecule has 0 amide bonds. The molecular formula is C16H14BrClF2O. The number of alkyl halides is 1. The molecule has 0 radical (unpaired) electrons. The molecular weight excluding hydrogens is 362 g/mol. The van der Waals surface area contributed by atoms with Crippen molar-refractivity contribution in [2.45, 2.75) is 26.3 Å². The topological polar surface area (TPSA) is 9.23 Å². The van der Waals surface area contributed by atoms with Gasteiger partial charge in [-0.25, -0.2) is 8.78 Å². The third-order valence-corrected chi connectivity index (χ3v) is 4.10. The minimum Gasteiger partial charge on any atom is -0.488 e. The molecule has 0 aliphatic rings. The number of benzene rings is 2. The summed E-state index contributed by atoms with van der Waals surface area (Å²) in [6.45, 7) is 3.59. The highest BCUT2D eigenvalue weighted by molar-refractivity contribution is 9.10. The van der Waals surface area contributed by atoms with Crippen LogP contribution in [-0.4, -0.2) is 0 Å². The fraction of sp³-hybridized carbons (Fsp3) is 0.250. The number of hydrogen-bond donors (Lipinski definition) is 0. The van der Waals surface area contributed by atoms with Crippen LogP contribution in [0, 0.1) is 25.5 Å². The lowest BCUT2D eigenvalue weighted by Crippen LogP contribution is -2.05. The lowest BCUT2D eigenvalue weighted by atomic mass is 10.1. The first-order valence-corrected chi connectivity index (χ1v) is 7.68. The average molecular weight is 376 g/mol. The Hall–Kier alpha value is -1.13. The fourth-order valence-corrected chi connectivity index (χ4v) is 2.72. The zero-order chi connectivity index (χ0) is 15.6. The van der Waals surface area contributed by atoms with E-state index in [2.05, 4.69) is 15.9 Å². The molecule has 0 saturated carbocycles. The Bertz CT molecular complexity index is 651. The van der Waals surface area contributed by atoms with Gasteiger partial charge in [-0.3, -0.25) is 0 Å². The van der Waals surface area contributed by atoms with Crippen molar-refractivity contribution in [3.05, 3.63) is 62.6 Å². The molecule has 0 atom stereocenters. The summed E-state index contributed by atoms with van der Waals surface area (Å²) in [7, 11) is 0. The summed E-state index contributed by atoms with van der Waals surface area (Å²) in [6.07, 6.45) is 0. The summed E-state index contributed by atoms with van der Waals surface area (Å²) >= 11 is 8.85. The van der Waals surface area contributed by atoms with Crippen molar-refractivity contribution in [3.63, 3.8) is 0 Å². The molecule has 21 heavy (non-hydrogen) atoms. The molecule has 112 valence electrons. The van der Waals surface area contributed by atoms with E-state index in [-0.39, 0.29) is 16.6 Å². The lowest BCUT2D eigenvalue weighted by Gasteiger charge is -2.14. The molecule has 1 nitrogen and oxygen atoms in total. The van der Waals surface area contributed by atoms with Crippen LogP contribution in [0.5, 0.6) is 5.75 Å². The molecule has 0 aliphatic heterocycles. The van der Waals surface area contributed by atoms with E-state index in [0.717, 1.165) is 16.7 Å². The number of aryl methyl sites for hydroxylation is 2. The van der Waals surface area contributed by atoms with E-state index in [1.54, 1.807) is 0 Å². The summed E-state index contributed by atoms with van der Waals surface area (Å²) in [5.74, 6) is -0.217. The Balaban J connectivity index is 2.27. The summed E-state index contributed by atoms with van der Waals surface area (Å²) in [5.41, 5.74) is 2.67. The van der Waals surface area contributed by atoms with Gasteiger partial charge in [0.15, 0.2) is 0 Å². The minimum absolute atomic E-state index is 0.0930. The van der Waals surface area contributed by atoms with Gasteiger partial charge in [-0.1, -0.05) is 12.1 Å². The maximum atomic E-state index is 13.9. The van der Waals surface area contributed by atoms with Crippen molar-refractivity contribution < 1.29 is 13.5 Å². The fourth-order valence-electron chi connectivity index (χ4n) is 2.19. The van der Waals surface area contributed by atoms with Crippen molar-refractivity contribution in [3.8, 4) is 5.75 Å². The van der Waals surface area contributed by atoms with Gasteiger partial charge >= 0.3 is 0 Å². The first kappa shape index (κ1) is 16.2. The smallest absolute Gasteiger partial charge is 0.146 e. The van der Waals surface area contributed by atoms with Gasteiger partial charge in [-0.05, 0) is 58.6 Å². The highest BCUT2D eigenvalue weighted by Crippen LogP contribution is 2.28. The monoisotopic (exact) mass is 374 g/mol. The van der Waals surface area contributed by atoms with Gasteiger partial charge in [-0.15, -0.1) is 11.6 Å². The van der Waals surface area contributed by atoms with E-state index in [4.69, 9.17) is 16.3 Å². The molecule has 0 aromatic heterocycles. The molecule has 2 rings (SSSR count). The van der Waals surface area contributed by atoms with Gasteiger partial charge in [0.2, 0.25) is 0 Å². The molecule has 5 heteroatoms. The summed E-state index contributed by atoms with van der Waals surface area (Å²) in [5, 5.41) is 0. The predicted octanol–water partition coefficient (Wildman–Crippen LogP) is 5.66. The zero-order valence-electron chi connectivity index (χ0n) is 11.6. The van der Waals surface area contributed by atoms with Crippen LogP contribution in [-0.2, 0) is 12.5 Å². The van der Waals surface area contributed by atoms with Crippen LogP contribution < -0.4 is 4.74 Å². The highest BCUT2D eigenvalue weighted by Gasteiger charge is 2.14. The Kier molecular flexibility index (Phi) is 5.22.